The molecule has 0 aliphatic carbocycles. The lowest BCUT2D eigenvalue weighted by molar-refractivity contribution is 0.614. The summed E-state index contributed by atoms with van der Waals surface area (Å²) in [5.41, 5.74) is 2.52. The molecule has 2 rings (SSSR count). The summed E-state index contributed by atoms with van der Waals surface area (Å²) in [6, 6.07) is 9.25. The summed E-state index contributed by atoms with van der Waals surface area (Å²) in [5.74, 6) is -0.176. The van der Waals surface area contributed by atoms with Crippen molar-refractivity contribution in [2.45, 2.75) is 19.9 Å². The van der Waals surface area contributed by atoms with E-state index in [2.05, 4.69) is 53.1 Å². The second kappa shape index (κ2) is 6.58. The lowest BCUT2D eigenvalue weighted by atomic mass is 10.1. The first-order chi connectivity index (χ1) is 9.38. The molecule has 0 aliphatic heterocycles. The van der Waals surface area contributed by atoms with Gasteiger partial charge in [0.1, 0.15) is 5.82 Å². The predicted molar refractivity (Wildman–Crippen MR) is 92.7 cm³/mol. The van der Waals surface area contributed by atoms with E-state index in [1.807, 2.05) is 25.1 Å². The average molecular weight is 466 g/mol. The van der Waals surface area contributed by atoms with Crippen molar-refractivity contribution in [3.05, 3.63) is 60.7 Å². The average Bonchev–Trinajstić information content (AvgIpc) is 2.36. The maximum absolute atomic E-state index is 13.6. The number of benzene rings is 2. The monoisotopic (exact) mass is 463 g/mol. The quantitative estimate of drug-likeness (QED) is 0.538. The summed E-state index contributed by atoms with van der Waals surface area (Å²) in [5, 5.41) is 3.39. The number of hydrogen-bond donors (Lipinski definition) is 1. The molecule has 0 radical (unpaired) electrons. The lowest BCUT2D eigenvalue weighted by Gasteiger charge is -2.19. The molecule has 0 saturated carbocycles. The van der Waals surface area contributed by atoms with Crippen LogP contribution in [0, 0.1) is 12.7 Å². The van der Waals surface area contributed by atoms with Crippen LogP contribution >= 0.6 is 47.8 Å². The molecule has 0 spiro atoms. The molecule has 0 amide bonds. The van der Waals surface area contributed by atoms with Crippen LogP contribution in [0.2, 0.25) is 0 Å². The van der Waals surface area contributed by atoms with E-state index >= 15 is 0 Å². The van der Waals surface area contributed by atoms with Crippen molar-refractivity contribution in [1.29, 1.82) is 0 Å². The number of aryl methyl sites for hydroxylation is 1. The molecule has 0 bridgehead atoms. The predicted octanol–water partition coefficient (Wildman–Crippen LogP) is 6.59. The Kier molecular flexibility index (Phi) is 5.26. The zero-order valence-corrected chi connectivity index (χ0v) is 15.7. The molecule has 0 aliphatic rings. The topological polar surface area (TPSA) is 12.0 Å². The zero-order chi connectivity index (χ0) is 14.9. The van der Waals surface area contributed by atoms with Gasteiger partial charge >= 0.3 is 0 Å². The summed E-state index contributed by atoms with van der Waals surface area (Å²) in [4.78, 5) is 0. The molecule has 106 valence electrons. The second-order valence-corrected chi connectivity index (χ2v) is 7.24. The molecule has 2 aromatic rings. The Morgan fingerprint density at radius 1 is 1.05 bits per heavy atom. The minimum atomic E-state index is -0.176. The van der Waals surface area contributed by atoms with Crippen molar-refractivity contribution in [2.75, 3.05) is 5.32 Å². The highest BCUT2D eigenvalue weighted by Gasteiger charge is 2.12. The van der Waals surface area contributed by atoms with E-state index in [4.69, 9.17) is 0 Å². The van der Waals surface area contributed by atoms with Crippen LogP contribution in [0.15, 0.2) is 43.7 Å². The van der Waals surface area contributed by atoms with Crippen molar-refractivity contribution >= 4 is 53.5 Å². The second-order valence-electron chi connectivity index (χ2n) is 4.62. The van der Waals surface area contributed by atoms with Gasteiger partial charge in [-0.3, -0.25) is 0 Å². The van der Waals surface area contributed by atoms with E-state index < -0.39 is 0 Å². The highest BCUT2D eigenvalue weighted by molar-refractivity contribution is 9.11. The molecule has 0 saturated heterocycles. The fraction of sp³-hybridized carbons (Fsp3) is 0.200. The van der Waals surface area contributed by atoms with Gasteiger partial charge in [0.2, 0.25) is 0 Å². The Labute approximate surface area is 143 Å². The van der Waals surface area contributed by atoms with Crippen molar-refractivity contribution < 1.29 is 4.39 Å². The SMILES string of the molecule is Cc1ccc(C(C)Nc2c(Br)cc(Br)cc2Br)cc1F. The number of hydrogen-bond acceptors (Lipinski definition) is 1. The number of rotatable bonds is 3. The van der Waals surface area contributed by atoms with E-state index in [0.29, 0.717) is 5.56 Å². The third kappa shape index (κ3) is 3.62. The summed E-state index contributed by atoms with van der Waals surface area (Å²) >= 11 is 10.5. The van der Waals surface area contributed by atoms with E-state index in [0.717, 1.165) is 24.7 Å². The highest BCUT2D eigenvalue weighted by atomic mass is 79.9. The number of halogens is 4. The summed E-state index contributed by atoms with van der Waals surface area (Å²) < 4.78 is 16.5. The van der Waals surface area contributed by atoms with Crippen LogP contribution in [0.1, 0.15) is 24.1 Å². The van der Waals surface area contributed by atoms with Gasteiger partial charge in [0.05, 0.1) is 5.69 Å². The summed E-state index contributed by atoms with van der Waals surface area (Å²) in [6.45, 7) is 3.77. The summed E-state index contributed by atoms with van der Waals surface area (Å²) in [7, 11) is 0. The first kappa shape index (κ1) is 16.0. The number of anilines is 1. The Morgan fingerprint density at radius 2 is 1.65 bits per heavy atom. The summed E-state index contributed by atoms with van der Waals surface area (Å²) in [6.07, 6.45) is 0. The van der Waals surface area contributed by atoms with Crippen LogP contribution in [0.5, 0.6) is 0 Å². The molecule has 5 heteroatoms. The Hall–Kier alpha value is -0.390. The molecule has 0 aromatic heterocycles. The van der Waals surface area contributed by atoms with Crippen molar-refractivity contribution in [1.82, 2.24) is 0 Å². The normalized spacial score (nSPS) is 12.3. The molecule has 1 nitrogen and oxygen atoms in total. The van der Waals surface area contributed by atoms with E-state index in [1.165, 1.54) is 0 Å². The maximum Gasteiger partial charge on any atom is 0.126 e. The Balaban J connectivity index is 2.27. The van der Waals surface area contributed by atoms with Crippen molar-refractivity contribution in [3.8, 4) is 0 Å². The standard InChI is InChI=1S/C15H13Br3FN/c1-8-3-4-10(5-14(8)19)9(2)20-15-12(17)6-11(16)7-13(15)18/h3-7,9,20H,1-2H3. The van der Waals surface area contributed by atoms with Crippen LogP contribution in [0.3, 0.4) is 0 Å². The third-order valence-electron chi connectivity index (χ3n) is 3.06. The van der Waals surface area contributed by atoms with Gasteiger partial charge in [-0.1, -0.05) is 28.1 Å². The van der Waals surface area contributed by atoms with Gasteiger partial charge in [-0.15, -0.1) is 0 Å². The molecule has 0 fully saturated rings. The van der Waals surface area contributed by atoms with Crippen molar-refractivity contribution in [3.63, 3.8) is 0 Å². The van der Waals surface area contributed by atoms with Gasteiger partial charge in [0.25, 0.3) is 0 Å². The first-order valence-electron chi connectivity index (χ1n) is 6.05. The zero-order valence-electron chi connectivity index (χ0n) is 11.0. The van der Waals surface area contributed by atoms with E-state index in [-0.39, 0.29) is 11.9 Å². The van der Waals surface area contributed by atoms with Gasteiger partial charge in [-0.2, -0.15) is 0 Å². The smallest absolute Gasteiger partial charge is 0.126 e. The maximum atomic E-state index is 13.6. The molecule has 0 heterocycles. The molecule has 20 heavy (non-hydrogen) atoms. The fourth-order valence-electron chi connectivity index (χ4n) is 1.86. The molecule has 2 aromatic carbocycles. The van der Waals surface area contributed by atoms with Crippen LogP contribution in [0.25, 0.3) is 0 Å². The van der Waals surface area contributed by atoms with Crippen LogP contribution < -0.4 is 5.32 Å². The van der Waals surface area contributed by atoms with Gasteiger partial charge in [0.15, 0.2) is 0 Å². The number of nitrogens with one attached hydrogen (secondary N) is 1. The van der Waals surface area contributed by atoms with Gasteiger partial charge in [-0.05, 0) is 75.0 Å². The van der Waals surface area contributed by atoms with Gasteiger partial charge in [-0.25, -0.2) is 4.39 Å². The molecule has 1 unspecified atom stereocenters. The minimum absolute atomic E-state index is 0.00104. The third-order valence-corrected chi connectivity index (χ3v) is 4.77. The molecular weight excluding hydrogens is 453 g/mol. The van der Waals surface area contributed by atoms with Gasteiger partial charge < -0.3 is 5.32 Å². The van der Waals surface area contributed by atoms with E-state index in [1.54, 1.807) is 19.1 Å². The largest absolute Gasteiger partial charge is 0.377 e. The molecule has 1 N–H and O–H groups in total. The van der Waals surface area contributed by atoms with Gasteiger partial charge in [0, 0.05) is 19.5 Å². The van der Waals surface area contributed by atoms with E-state index in [9.17, 15) is 4.39 Å². The minimum Gasteiger partial charge on any atom is -0.377 e. The van der Waals surface area contributed by atoms with Crippen molar-refractivity contribution in [2.24, 2.45) is 0 Å². The Bertz CT molecular complexity index is 620. The molecule has 1 atom stereocenters. The highest BCUT2D eigenvalue weighted by Crippen LogP contribution is 2.36. The lowest BCUT2D eigenvalue weighted by Crippen LogP contribution is -2.08. The van der Waals surface area contributed by atoms with Crippen LogP contribution in [0.4, 0.5) is 10.1 Å². The Morgan fingerprint density at radius 3 is 2.20 bits per heavy atom. The van der Waals surface area contributed by atoms with Crippen LogP contribution in [-0.2, 0) is 0 Å². The van der Waals surface area contributed by atoms with Crippen LogP contribution in [-0.4, -0.2) is 0 Å². The fourth-order valence-corrected chi connectivity index (χ4v) is 4.35. The first-order valence-corrected chi connectivity index (χ1v) is 8.43. The molecular formula is C15H13Br3FN.